The molecular weight excluding hydrogens is 317 g/mol. The fourth-order valence-corrected chi connectivity index (χ4v) is 1.65. The molecule has 0 saturated heterocycles. The van der Waals surface area contributed by atoms with Crippen molar-refractivity contribution in [1.29, 1.82) is 0 Å². The average Bonchev–Trinajstić information content (AvgIpc) is 2.26. The van der Waals surface area contributed by atoms with E-state index in [1.165, 1.54) is 0 Å². The van der Waals surface area contributed by atoms with Gasteiger partial charge in [0.2, 0.25) is 0 Å². The van der Waals surface area contributed by atoms with Crippen molar-refractivity contribution in [2.45, 2.75) is 19.4 Å². The van der Waals surface area contributed by atoms with Crippen molar-refractivity contribution < 1.29 is 9.90 Å². The normalized spacial score (nSPS) is 12.2. The van der Waals surface area contributed by atoms with Crippen molar-refractivity contribution in [2.24, 2.45) is 0 Å². The van der Waals surface area contributed by atoms with Crippen molar-refractivity contribution in [1.82, 2.24) is 4.90 Å². The quantitative estimate of drug-likeness (QED) is 0.858. The van der Waals surface area contributed by atoms with Gasteiger partial charge in [0.15, 0.2) is 0 Å². The molecular formula is C12H16INO2. The van der Waals surface area contributed by atoms with Gasteiger partial charge in [-0.2, -0.15) is 0 Å². The summed E-state index contributed by atoms with van der Waals surface area (Å²) in [6.45, 7) is 2.30. The summed E-state index contributed by atoms with van der Waals surface area (Å²) in [4.78, 5) is 13.5. The molecule has 0 spiro atoms. The minimum atomic E-state index is -0.369. The van der Waals surface area contributed by atoms with E-state index in [2.05, 4.69) is 22.6 Å². The lowest BCUT2D eigenvalue weighted by Gasteiger charge is -2.18. The minimum absolute atomic E-state index is 0.00273. The molecule has 0 saturated carbocycles. The van der Waals surface area contributed by atoms with Crippen molar-refractivity contribution in [3.63, 3.8) is 0 Å². The number of rotatable bonds is 4. The number of hydrogen-bond acceptors (Lipinski definition) is 2. The van der Waals surface area contributed by atoms with Crippen LogP contribution in [-0.4, -0.2) is 35.6 Å². The van der Waals surface area contributed by atoms with Gasteiger partial charge in [-0.05, 0) is 60.2 Å². The van der Waals surface area contributed by atoms with Gasteiger partial charge in [0.25, 0.3) is 5.91 Å². The summed E-state index contributed by atoms with van der Waals surface area (Å²) in [5.41, 5.74) is 0.688. The zero-order chi connectivity index (χ0) is 12.1. The van der Waals surface area contributed by atoms with Crippen LogP contribution in [0.15, 0.2) is 24.3 Å². The Labute approximate surface area is 110 Å². The van der Waals surface area contributed by atoms with E-state index in [0.717, 1.165) is 3.57 Å². The third-order valence-electron chi connectivity index (χ3n) is 2.32. The van der Waals surface area contributed by atoms with Crippen LogP contribution in [0.3, 0.4) is 0 Å². The van der Waals surface area contributed by atoms with Crippen LogP contribution >= 0.6 is 22.6 Å². The second-order valence-corrected chi connectivity index (χ2v) is 5.12. The maximum atomic E-state index is 11.9. The lowest BCUT2D eigenvalue weighted by molar-refractivity contribution is 0.0769. The molecule has 0 aromatic heterocycles. The highest BCUT2D eigenvalue weighted by molar-refractivity contribution is 14.1. The van der Waals surface area contributed by atoms with Gasteiger partial charge in [0.05, 0.1) is 6.10 Å². The van der Waals surface area contributed by atoms with Crippen LogP contribution in [-0.2, 0) is 0 Å². The molecule has 1 aromatic carbocycles. The van der Waals surface area contributed by atoms with Gasteiger partial charge >= 0.3 is 0 Å². The summed E-state index contributed by atoms with van der Waals surface area (Å²) in [6.07, 6.45) is 0.235. The van der Waals surface area contributed by atoms with Crippen LogP contribution in [0.1, 0.15) is 23.7 Å². The molecule has 0 fully saturated rings. The van der Waals surface area contributed by atoms with Crippen LogP contribution in [0.2, 0.25) is 0 Å². The molecule has 16 heavy (non-hydrogen) atoms. The highest BCUT2D eigenvalue weighted by atomic mass is 127. The molecule has 1 unspecified atom stereocenters. The predicted molar refractivity (Wildman–Crippen MR) is 72.4 cm³/mol. The molecule has 1 aromatic rings. The third kappa shape index (κ3) is 4.09. The molecule has 3 nitrogen and oxygen atoms in total. The summed E-state index contributed by atoms with van der Waals surface area (Å²) in [7, 11) is 1.75. The summed E-state index contributed by atoms with van der Waals surface area (Å²) in [5, 5.41) is 9.15. The van der Waals surface area contributed by atoms with Crippen molar-refractivity contribution in [3.05, 3.63) is 33.4 Å². The molecule has 0 radical (unpaired) electrons. The maximum Gasteiger partial charge on any atom is 0.253 e. The van der Waals surface area contributed by atoms with Crippen LogP contribution in [0, 0.1) is 3.57 Å². The first kappa shape index (κ1) is 13.4. The Kier molecular flexibility index (Phi) is 5.21. The number of carbonyl (C=O) groups excluding carboxylic acids is 1. The number of nitrogens with zero attached hydrogens (tertiary/aromatic N) is 1. The average molecular weight is 333 g/mol. The molecule has 1 N–H and O–H groups in total. The Hall–Kier alpha value is -0.620. The first-order chi connectivity index (χ1) is 7.50. The third-order valence-corrected chi connectivity index (χ3v) is 3.04. The van der Waals surface area contributed by atoms with E-state index < -0.39 is 0 Å². The van der Waals surface area contributed by atoms with Gasteiger partial charge < -0.3 is 10.0 Å². The van der Waals surface area contributed by atoms with Crippen molar-refractivity contribution in [3.8, 4) is 0 Å². The van der Waals surface area contributed by atoms with Crippen LogP contribution in [0.5, 0.6) is 0 Å². The number of hydrogen-bond donors (Lipinski definition) is 1. The fraction of sp³-hybridized carbons (Fsp3) is 0.417. The van der Waals surface area contributed by atoms with Crippen LogP contribution < -0.4 is 0 Å². The first-order valence-electron chi connectivity index (χ1n) is 5.20. The Morgan fingerprint density at radius 1 is 1.44 bits per heavy atom. The molecule has 88 valence electrons. The second kappa shape index (κ2) is 6.20. The van der Waals surface area contributed by atoms with Crippen molar-refractivity contribution >= 4 is 28.5 Å². The molecule has 1 rings (SSSR count). The van der Waals surface area contributed by atoms with E-state index in [1.807, 2.05) is 24.3 Å². The number of carbonyl (C=O) groups is 1. The summed E-state index contributed by atoms with van der Waals surface area (Å²) in [5.74, 6) is -0.00273. The van der Waals surface area contributed by atoms with E-state index in [9.17, 15) is 4.79 Å². The zero-order valence-electron chi connectivity index (χ0n) is 9.48. The number of amides is 1. The van der Waals surface area contributed by atoms with Gasteiger partial charge in [-0.15, -0.1) is 0 Å². The Morgan fingerprint density at radius 3 is 2.50 bits per heavy atom. The van der Waals surface area contributed by atoms with Gasteiger partial charge in [-0.3, -0.25) is 4.79 Å². The molecule has 0 aliphatic rings. The highest BCUT2D eigenvalue weighted by Crippen LogP contribution is 2.09. The minimum Gasteiger partial charge on any atom is -0.393 e. The van der Waals surface area contributed by atoms with E-state index in [-0.39, 0.29) is 12.0 Å². The van der Waals surface area contributed by atoms with Crippen molar-refractivity contribution in [2.75, 3.05) is 13.6 Å². The topological polar surface area (TPSA) is 40.5 Å². The Bertz CT molecular complexity index is 349. The first-order valence-corrected chi connectivity index (χ1v) is 6.27. The van der Waals surface area contributed by atoms with Gasteiger partial charge in [-0.25, -0.2) is 0 Å². The summed E-state index contributed by atoms with van der Waals surface area (Å²) < 4.78 is 1.11. The molecule has 1 amide bonds. The van der Waals surface area contributed by atoms with E-state index in [4.69, 9.17) is 5.11 Å². The van der Waals surface area contributed by atoms with E-state index in [1.54, 1.807) is 18.9 Å². The molecule has 0 aliphatic heterocycles. The molecule has 1 atom stereocenters. The largest absolute Gasteiger partial charge is 0.393 e. The fourth-order valence-electron chi connectivity index (χ4n) is 1.29. The second-order valence-electron chi connectivity index (χ2n) is 3.87. The van der Waals surface area contributed by atoms with Crippen LogP contribution in [0.4, 0.5) is 0 Å². The van der Waals surface area contributed by atoms with E-state index in [0.29, 0.717) is 18.5 Å². The molecule has 4 heteroatoms. The molecule has 0 bridgehead atoms. The lowest BCUT2D eigenvalue weighted by Crippen LogP contribution is -2.29. The number of aliphatic hydroxyl groups excluding tert-OH is 1. The Balaban J connectivity index is 2.60. The lowest BCUT2D eigenvalue weighted by atomic mass is 10.2. The summed E-state index contributed by atoms with van der Waals surface area (Å²) >= 11 is 2.20. The Morgan fingerprint density at radius 2 is 2.00 bits per heavy atom. The molecule has 0 aliphatic carbocycles. The van der Waals surface area contributed by atoms with E-state index >= 15 is 0 Å². The van der Waals surface area contributed by atoms with Gasteiger partial charge in [0.1, 0.15) is 0 Å². The highest BCUT2D eigenvalue weighted by Gasteiger charge is 2.11. The molecule has 0 heterocycles. The van der Waals surface area contributed by atoms with Gasteiger partial charge in [0, 0.05) is 22.7 Å². The SMILES string of the molecule is CC(O)CCN(C)C(=O)c1ccc(I)cc1. The van der Waals surface area contributed by atoms with Gasteiger partial charge in [-0.1, -0.05) is 0 Å². The number of halogens is 1. The monoisotopic (exact) mass is 333 g/mol. The summed E-state index contributed by atoms with van der Waals surface area (Å²) in [6, 6.07) is 7.47. The predicted octanol–water partition coefficient (Wildman–Crippen LogP) is 2.13. The maximum absolute atomic E-state index is 11.9. The number of aliphatic hydroxyl groups is 1. The zero-order valence-corrected chi connectivity index (χ0v) is 11.6. The smallest absolute Gasteiger partial charge is 0.253 e. The standard InChI is InChI=1S/C12H16INO2/c1-9(15)7-8-14(2)12(16)10-3-5-11(13)6-4-10/h3-6,9,15H,7-8H2,1-2H3. The number of benzene rings is 1. The van der Waals surface area contributed by atoms with Crippen LogP contribution in [0.25, 0.3) is 0 Å².